The minimum Gasteiger partial charge on any atom is -0.495 e. The summed E-state index contributed by atoms with van der Waals surface area (Å²) in [6, 6.07) is 10.7. The number of unbranched alkanes of at least 4 members (excludes halogenated alkanes) is 9. The molecule has 11 heteroatoms. The van der Waals surface area contributed by atoms with Gasteiger partial charge in [0, 0.05) is 7.05 Å². The number of anilines is 1. The highest BCUT2D eigenvalue weighted by molar-refractivity contribution is 7.91. The predicted molar refractivity (Wildman–Crippen MR) is 159 cm³/mol. The molecule has 1 amide bonds. The molecule has 2 aromatic carbocycles. The Hall–Kier alpha value is -2.92. The summed E-state index contributed by atoms with van der Waals surface area (Å²) >= 11 is 0. The van der Waals surface area contributed by atoms with Crippen LogP contribution in [0.5, 0.6) is 5.75 Å². The topological polar surface area (TPSA) is 122 Å². The Balaban J connectivity index is 1.59. The van der Waals surface area contributed by atoms with Crippen LogP contribution in [0.25, 0.3) is 0 Å². The summed E-state index contributed by atoms with van der Waals surface area (Å²) in [5.41, 5.74) is 0.458. The maximum Gasteiger partial charge on any atom is 0.267 e. The monoisotopic (exact) mass is 591 g/mol. The molecule has 0 unspecified atom stereocenters. The number of carbonyl (C=O) groups excluding carboxylic acids is 1. The number of ether oxygens (including phenoxy) is 1. The maximum absolute atomic E-state index is 13.0. The lowest BCUT2D eigenvalue weighted by Gasteiger charge is -2.26. The van der Waals surface area contributed by atoms with E-state index >= 15 is 0 Å². The molecule has 0 atom stereocenters. The van der Waals surface area contributed by atoms with Crippen LogP contribution in [-0.4, -0.2) is 52.8 Å². The Morgan fingerprint density at radius 3 is 2.23 bits per heavy atom. The SMILES string of the molecule is CCCCCCCCCCCCS(=O)(=O)c1ccc(OC)c(NC(=O)CC2=Nc3ccccc3S(=O)(=O)N2C)c1. The number of benzene rings is 2. The number of rotatable bonds is 16. The van der Waals surface area contributed by atoms with Crippen LogP contribution in [0.2, 0.25) is 0 Å². The van der Waals surface area contributed by atoms with Crippen LogP contribution in [0, 0.1) is 0 Å². The van der Waals surface area contributed by atoms with E-state index in [1.54, 1.807) is 18.2 Å². The fraction of sp³-hybridized carbons (Fsp3) is 0.517. The largest absolute Gasteiger partial charge is 0.495 e. The van der Waals surface area contributed by atoms with E-state index in [-0.39, 0.29) is 39.2 Å². The molecule has 1 aliphatic rings. The Labute approximate surface area is 239 Å². The molecule has 0 aliphatic carbocycles. The number of aliphatic imine (C=N–C) groups is 1. The summed E-state index contributed by atoms with van der Waals surface area (Å²) in [6.45, 7) is 2.21. The van der Waals surface area contributed by atoms with Crippen molar-refractivity contribution < 1.29 is 26.4 Å². The smallest absolute Gasteiger partial charge is 0.267 e. The first-order valence-corrected chi connectivity index (χ1v) is 17.1. The second-order valence-electron chi connectivity index (χ2n) is 10.1. The molecule has 0 aromatic heterocycles. The van der Waals surface area contributed by atoms with Crippen molar-refractivity contribution in [2.75, 3.05) is 25.2 Å². The molecule has 0 radical (unpaired) electrons. The molecule has 0 bridgehead atoms. The van der Waals surface area contributed by atoms with E-state index in [0.29, 0.717) is 12.2 Å². The number of methoxy groups -OCH3 is 1. The van der Waals surface area contributed by atoms with E-state index in [1.807, 2.05) is 0 Å². The van der Waals surface area contributed by atoms with Crippen LogP contribution in [-0.2, 0) is 24.7 Å². The highest BCUT2D eigenvalue weighted by Crippen LogP contribution is 2.32. The van der Waals surface area contributed by atoms with Crippen molar-refractivity contribution in [3.8, 4) is 5.75 Å². The number of amides is 1. The van der Waals surface area contributed by atoms with Gasteiger partial charge in [0.25, 0.3) is 10.0 Å². The van der Waals surface area contributed by atoms with Gasteiger partial charge >= 0.3 is 0 Å². The lowest BCUT2D eigenvalue weighted by Crippen LogP contribution is -2.37. The van der Waals surface area contributed by atoms with Gasteiger partial charge in [0.15, 0.2) is 9.84 Å². The van der Waals surface area contributed by atoms with E-state index in [0.717, 1.165) is 23.6 Å². The molecule has 1 heterocycles. The third-order valence-electron chi connectivity index (χ3n) is 7.01. The summed E-state index contributed by atoms with van der Waals surface area (Å²) in [5.74, 6) is -0.173. The lowest BCUT2D eigenvalue weighted by atomic mass is 10.1. The third-order valence-corrected chi connectivity index (χ3v) is 10.6. The van der Waals surface area contributed by atoms with Gasteiger partial charge in [0.1, 0.15) is 16.5 Å². The highest BCUT2D eigenvalue weighted by atomic mass is 32.2. The molecule has 1 N–H and O–H groups in total. The standard InChI is InChI=1S/C29H41N3O6S2/c1-4-5-6-7-8-9-10-11-12-15-20-39(34,35)23-18-19-26(38-3)25(21-23)31-29(33)22-28-30-24-16-13-14-17-27(24)40(36,37)32(28)2/h13-14,16-19,21H,4-12,15,20,22H2,1-3H3,(H,31,33). The molecular weight excluding hydrogens is 550 g/mol. The Morgan fingerprint density at radius 2 is 1.57 bits per heavy atom. The lowest BCUT2D eigenvalue weighted by molar-refractivity contribution is -0.115. The minimum absolute atomic E-state index is 0.0298. The quantitative estimate of drug-likeness (QED) is 0.236. The van der Waals surface area contributed by atoms with E-state index < -0.39 is 25.8 Å². The minimum atomic E-state index is -3.83. The van der Waals surface area contributed by atoms with Gasteiger partial charge < -0.3 is 10.1 Å². The van der Waals surface area contributed by atoms with Gasteiger partial charge in [-0.15, -0.1) is 0 Å². The number of sulfonamides is 1. The van der Waals surface area contributed by atoms with Gasteiger partial charge in [0.05, 0.1) is 35.6 Å². The summed E-state index contributed by atoms with van der Waals surface area (Å²) in [5, 5.41) is 2.67. The first-order chi connectivity index (χ1) is 19.1. The normalized spacial score (nSPS) is 14.4. The second-order valence-corrected chi connectivity index (χ2v) is 14.1. The van der Waals surface area contributed by atoms with Crippen molar-refractivity contribution in [2.24, 2.45) is 4.99 Å². The number of para-hydroxylation sites is 1. The van der Waals surface area contributed by atoms with Crippen molar-refractivity contribution >= 4 is 43.0 Å². The van der Waals surface area contributed by atoms with E-state index in [4.69, 9.17) is 4.74 Å². The molecule has 0 saturated heterocycles. The number of carbonyl (C=O) groups is 1. The van der Waals surface area contributed by atoms with Crippen LogP contribution < -0.4 is 10.1 Å². The van der Waals surface area contributed by atoms with Crippen LogP contribution in [0.1, 0.15) is 77.6 Å². The number of hydrogen-bond donors (Lipinski definition) is 1. The Morgan fingerprint density at radius 1 is 0.950 bits per heavy atom. The molecule has 0 fully saturated rings. The second kappa shape index (κ2) is 14.6. The molecule has 2 aromatic rings. The highest BCUT2D eigenvalue weighted by Gasteiger charge is 2.32. The maximum atomic E-state index is 13.0. The fourth-order valence-electron chi connectivity index (χ4n) is 4.63. The Kier molecular flexibility index (Phi) is 11.6. The summed E-state index contributed by atoms with van der Waals surface area (Å²) in [6.07, 6.45) is 10.8. The molecule has 3 rings (SSSR count). The van der Waals surface area contributed by atoms with E-state index in [2.05, 4.69) is 17.2 Å². The van der Waals surface area contributed by atoms with Crippen LogP contribution >= 0.6 is 0 Å². The average Bonchev–Trinajstić information content (AvgIpc) is 2.92. The zero-order valence-corrected chi connectivity index (χ0v) is 25.3. The van der Waals surface area contributed by atoms with Crippen molar-refractivity contribution in [1.82, 2.24) is 4.31 Å². The van der Waals surface area contributed by atoms with Crippen molar-refractivity contribution in [3.05, 3.63) is 42.5 Å². The van der Waals surface area contributed by atoms with E-state index in [9.17, 15) is 21.6 Å². The predicted octanol–water partition coefficient (Wildman–Crippen LogP) is 6.08. The molecule has 40 heavy (non-hydrogen) atoms. The molecule has 1 aliphatic heterocycles. The molecule has 220 valence electrons. The summed E-state index contributed by atoms with van der Waals surface area (Å²) in [7, 11) is -4.62. The van der Waals surface area contributed by atoms with Crippen LogP contribution in [0.15, 0.2) is 57.2 Å². The summed E-state index contributed by atoms with van der Waals surface area (Å²) < 4.78 is 58.0. The van der Waals surface area contributed by atoms with Gasteiger partial charge in [-0.2, -0.15) is 0 Å². The van der Waals surface area contributed by atoms with Gasteiger partial charge in [-0.1, -0.05) is 76.8 Å². The number of sulfone groups is 1. The van der Waals surface area contributed by atoms with Gasteiger partial charge in [0.2, 0.25) is 5.91 Å². The van der Waals surface area contributed by atoms with Crippen molar-refractivity contribution in [2.45, 2.75) is 87.3 Å². The first kappa shape index (κ1) is 31.6. The Bertz CT molecular complexity index is 1400. The number of hydrogen-bond acceptors (Lipinski definition) is 7. The number of nitrogens with zero attached hydrogens (tertiary/aromatic N) is 2. The first-order valence-electron chi connectivity index (χ1n) is 14.0. The molecule has 0 spiro atoms. The van der Waals surface area contributed by atoms with Crippen LogP contribution in [0.3, 0.4) is 0 Å². The van der Waals surface area contributed by atoms with Gasteiger partial charge in [-0.05, 0) is 36.8 Å². The summed E-state index contributed by atoms with van der Waals surface area (Å²) in [4.78, 5) is 17.5. The van der Waals surface area contributed by atoms with Gasteiger partial charge in [-0.3, -0.25) is 9.10 Å². The number of amidine groups is 1. The van der Waals surface area contributed by atoms with Crippen LogP contribution in [0.4, 0.5) is 11.4 Å². The van der Waals surface area contributed by atoms with E-state index in [1.165, 1.54) is 76.9 Å². The fourth-order valence-corrected chi connectivity index (χ4v) is 7.33. The number of fused-ring (bicyclic) bond motifs is 1. The van der Waals surface area contributed by atoms with Gasteiger partial charge in [-0.25, -0.2) is 21.8 Å². The number of nitrogens with one attached hydrogen (secondary N) is 1. The molecule has 9 nitrogen and oxygen atoms in total. The molecule has 0 saturated carbocycles. The van der Waals surface area contributed by atoms with Crippen molar-refractivity contribution in [1.29, 1.82) is 0 Å². The third kappa shape index (κ3) is 8.30. The average molecular weight is 592 g/mol. The zero-order chi connectivity index (χ0) is 29.2. The van der Waals surface area contributed by atoms with Crippen molar-refractivity contribution in [3.63, 3.8) is 0 Å². The zero-order valence-electron chi connectivity index (χ0n) is 23.7. The molecular formula is C29H41N3O6S2.